The van der Waals surface area contributed by atoms with E-state index in [9.17, 15) is 4.21 Å². The van der Waals surface area contributed by atoms with Crippen molar-refractivity contribution >= 4 is 50.3 Å². The van der Waals surface area contributed by atoms with Gasteiger partial charge in [-0.25, -0.2) is 9.35 Å². The minimum absolute atomic E-state index is 0.296. The molecule has 1 aromatic carbocycles. The van der Waals surface area contributed by atoms with Crippen molar-refractivity contribution < 1.29 is 4.21 Å². The van der Waals surface area contributed by atoms with Crippen LogP contribution in [0.25, 0.3) is 10.9 Å². The van der Waals surface area contributed by atoms with Gasteiger partial charge in [-0.2, -0.15) is 0 Å². The molecule has 2 heterocycles. The van der Waals surface area contributed by atoms with E-state index in [-0.39, 0.29) is 0 Å². The molecule has 0 fully saturated rings. The summed E-state index contributed by atoms with van der Waals surface area (Å²) in [6.45, 7) is 0. The molecule has 0 aliphatic heterocycles. The third kappa shape index (κ3) is 2.80. The molecular weight excluding hydrogens is 314 g/mol. The largest absolute Gasteiger partial charge is 0.300 e. The number of fused-ring (bicyclic) bond motifs is 1. The van der Waals surface area contributed by atoms with Crippen LogP contribution in [0.3, 0.4) is 0 Å². The number of hydrogen-bond donors (Lipinski definition) is 2. The Labute approximate surface area is 125 Å². The zero-order chi connectivity index (χ0) is 13.9. The number of aromatic nitrogens is 3. The third-order valence-electron chi connectivity index (χ3n) is 2.42. The van der Waals surface area contributed by atoms with E-state index in [0.29, 0.717) is 9.47 Å². The summed E-state index contributed by atoms with van der Waals surface area (Å²) in [5.74, 6) is 0. The Kier molecular flexibility index (Phi) is 3.92. The number of rotatable bonds is 4. The average Bonchev–Trinajstić information content (AvgIpc) is 2.94. The van der Waals surface area contributed by atoms with Gasteiger partial charge in [0, 0.05) is 11.6 Å². The van der Waals surface area contributed by atoms with Gasteiger partial charge in [0.05, 0.1) is 10.4 Å². The highest BCUT2D eigenvalue weighted by molar-refractivity contribution is 8.01. The first-order valence-corrected chi connectivity index (χ1v) is 8.35. The summed E-state index contributed by atoms with van der Waals surface area (Å²) in [6, 6.07) is 9.85. The molecule has 0 amide bonds. The molecular formula is C11H9N5OS3. The fraction of sp³-hybridized carbons (Fsp3) is 0. The number of nitrogens with two attached hydrogens (primary N) is 1. The highest BCUT2D eigenvalue weighted by atomic mass is 32.2. The van der Waals surface area contributed by atoms with Crippen molar-refractivity contribution in [1.29, 1.82) is 0 Å². The standard InChI is InChI=1S/C11H9N5OS3/c12-20(17)11-15-14-10(18-11)16-19-8-5-1-3-7-4-2-6-13-9(7)8/h1-6H,12H2,(H,14,16). The van der Waals surface area contributed by atoms with Crippen molar-refractivity contribution in [2.24, 2.45) is 5.14 Å². The average molecular weight is 323 g/mol. The number of hydrogen-bond acceptors (Lipinski definition) is 7. The second-order valence-electron chi connectivity index (χ2n) is 3.71. The Balaban J connectivity index is 1.81. The highest BCUT2D eigenvalue weighted by Gasteiger charge is 2.09. The first-order chi connectivity index (χ1) is 9.74. The lowest BCUT2D eigenvalue weighted by molar-refractivity contribution is 0.682. The first-order valence-electron chi connectivity index (χ1n) is 5.50. The van der Waals surface area contributed by atoms with E-state index in [2.05, 4.69) is 19.9 Å². The van der Waals surface area contributed by atoms with Crippen LogP contribution in [0.5, 0.6) is 0 Å². The molecule has 0 radical (unpaired) electrons. The molecule has 102 valence electrons. The molecule has 0 saturated carbocycles. The molecule has 20 heavy (non-hydrogen) atoms. The Bertz CT molecular complexity index is 770. The Hall–Kier alpha value is -1.55. The predicted octanol–water partition coefficient (Wildman–Crippen LogP) is 2.19. The van der Waals surface area contributed by atoms with E-state index in [1.807, 2.05) is 30.3 Å². The molecule has 0 spiro atoms. The summed E-state index contributed by atoms with van der Waals surface area (Å²) in [6.07, 6.45) is 1.76. The van der Waals surface area contributed by atoms with Crippen LogP contribution in [0, 0.1) is 0 Å². The number of anilines is 1. The summed E-state index contributed by atoms with van der Waals surface area (Å²) in [5.41, 5.74) is 0.916. The maximum absolute atomic E-state index is 11.1. The molecule has 6 nitrogen and oxygen atoms in total. The molecule has 1 atom stereocenters. The number of pyridine rings is 1. The number of benzene rings is 1. The molecule has 0 saturated heterocycles. The smallest absolute Gasteiger partial charge is 0.221 e. The van der Waals surface area contributed by atoms with E-state index in [0.717, 1.165) is 15.8 Å². The molecule has 1 unspecified atom stereocenters. The highest BCUT2D eigenvalue weighted by Crippen LogP contribution is 2.28. The Morgan fingerprint density at radius 3 is 2.90 bits per heavy atom. The van der Waals surface area contributed by atoms with Crippen LogP contribution in [-0.4, -0.2) is 19.4 Å². The van der Waals surface area contributed by atoms with Gasteiger partial charge in [-0.05, 0) is 24.1 Å². The Morgan fingerprint density at radius 1 is 1.25 bits per heavy atom. The fourth-order valence-corrected chi connectivity index (χ4v) is 3.55. The summed E-state index contributed by atoms with van der Waals surface area (Å²) in [4.78, 5) is 5.35. The van der Waals surface area contributed by atoms with Crippen molar-refractivity contribution in [2.75, 3.05) is 4.72 Å². The fourth-order valence-electron chi connectivity index (χ4n) is 1.59. The summed E-state index contributed by atoms with van der Waals surface area (Å²) >= 11 is 2.55. The summed E-state index contributed by atoms with van der Waals surface area (Å²) in [7, 11) is -1.60. The number of nitrogens with one attached hydrogen (secondary N) is 1. The topological polar surface area (TPSA) is 93.8 Å². The van der Waals surface area contributed by atoms with E-state index < -0.39 is 11.0 Å². The van der Waals surface area contributed by atoms with Gasteiger partial charge in [0.2, 0.25) is 9.47 Å². The first kappa shape index (κ1) is 13.4. The van der Waals surface area contributed by atoms with Crippen LogP contribution in [0.4, 0.5) is 5.13 Å². The molecule has 0 aliphatic rings. The van der Waals surface area contributed by atoms with E-state index in [1.54, 1.807) is 6.20 Å². The lowest BCUT2D eigenvalue weighted by atomic mass is 10.2. The van der Waals surface area contributed by atoms with Gasteiger partial charge in [-0.15, -0.1) is 10.2 Å². The van der Waals surface area contributed by atoms with E-state index >= 15 is 0 Å². The maximum Gasteiger partial charge on any atom is 0.221 e. The van der Waals surface area contributed by atoms with Crippen molar-refractivity contribution in [3.63, 3.8) is 0 Å². The van der Waals surface area contributed by atoms with Crippen LogP contribution in [0.1, 0.15) is 0 Å². The van der Waals surface area contributed by atoms with E-state index in [4.69, 9.17) is 5.14 Å². The molecule has 0 aliphatic carbocycles. The SMILES string of the molecule is NS(=O)c1nnc(NSc2cccc3cccnc23)s1. The molecule has 3 rings (SSSR count). The van der Waals surface area contributed by atoms with Crippen molar-refractivity contribution in [3.05, 3.63) is 36.5 Å². The van der Waals surface area contributed by atoms with Gasteiger partial charge in [0.1, 0.15) is 0 Å². The lowest BCUT2D eigenvalue weighted by Gasteiger charge is -2.04. The van der Waals surface area contributed by atoms with Crippen LogP contribution in [0.2, 0.25) is 0 Å². The van der Waals surface area contributed by atoms with Gasteiger partial charge in [0.25, 0.3) is 0 Å². The van der Waals surface area contributed by atoms with Crippen LogP contribution in [-0.2, 0) is 11.0 Å². The molecule has 3 N–H and O–H groups in total. The summed E-state index contributed by atoms with van der Waals surface area (Å²) < 4.78 is 14.4. The van der Waals surface area contributed by atoms with Gasteiger partial charge in [-0.1, -0.05) is 29.5 Å². The minimum Gasteiger partial charge on any atom is -0.300 e. The molecule has 9 heteroatoms. The zero-order valence-corrected chi connectivity index (χ0v) is 12.5. The lowest BCUT2D eigenvalue weighted by Crippen LogP contribution is -2.01. The van der Waals surface area contributed by atoms with Gasteiger partial charge >= 0.3 is 0 Å². The number of nitrogens with zero attached hydrogens (tertiary/aromatic N) is 3. The zero-order valence-electron chi connectivity index (χ0n) is 10.0. The van der Waals surface area contributed by atoms with Gasteiger partial charge in [0.15, 0.2) is 11.0 Å². The third-order valence-corrected chi connectivity index (χ3v) is 5.20. The van der Waals surface area contributed by atoms with Crippen LogP contribution < -0.4 is 9.86 Å². The van der Waals surface area contributed by atoms with Crippen LogP contribution >= 0.6 is 23.3 Å². The second-order valence-corrected chi connectivity index (χ2v) is 6.77. The van der Waals surface area contributed by atoms with Crippen LogP contribution in [0.15, 0.2) is 45.8 Å². The quantitative estimate of drug-likeness (QED) is 0.715. The maximum atomic E-state index is 11.1. The predicted molar refractivity (Wildman–Crippen MR) is 81.7 cm³/mol. The van der Waals surface area contributed by atoms with Crippen molar-refractivity contribution in [2.45, 2.75) is 9.24 Å². The van der Waals surface area contributed by atoms with Crippen molar-refractivity contribution in [1.82, 2.24) is 15.2 Å². The normalized spacial score (nSPS) is 12.4. The van der Waals surface area contributed by atoms with Gasteiger partial charge < -0.3 is 0 Å². The minimum atomic E-state index is -1.60. The summed E-state index contributed by atoms with van der Waals surface area (Å²) in [5, 5.41) is 14.5. The Morgan fingerprint density at radius 2 is 2.10 bits per heavy atom. The van der Waals surface area contributed by atoms with Crippen molar-refractivity contribution in [3.8, 4) is 0 Å². The molecule has 3 aromatic rings. The van der Waals surface area contributed by atoms with E-state index in [1.165, 1.54) is 23.3 Å². The molecule has 0 bridgehead atoms. The number of para-hydroxylation sites is 1. The molecule has 2 aromatic heterocycles. The van der Waals surface area contributed by atoms with Gasteiger partial charge in [-0.3, -0.25) is 9.71 Å². The second kappa shape index (κ2) is 5.83. The monoisotopic (exact) mass is 323 g/mol.